The smallest absolute Gasteiger partial charge is 0.253 e. The van der Waals surface area contributed by atoms with E-state index in [9.17, 15) is 8.42 Å². The van der Waals surface area contributed by atoms with Crippen molar-refractivity contribution in [2.75, 3.05) is 13.2 Å². The van der Waals surface area contributed by atoms with Gasteiger partial charge >= 0.3 is 0 Å². The zero-order chi connectivity index (χ0) is 9.31. The van der Waals surface area contributed by atoms with Crippen LogP contribution >= 0.6 is 0 Å². The minimum Gasteiger partial charge on any atom is -0.474 e. The molecule has 0 saturated carbocycles. The van der Waals surface area contributed by atoms with Crippen LogP contribution in [-0.2, 0) is 10.0 Å². The van der Waals surface area contributed by atoms with Crippen LogP contribution in [0.1, 0.15) is 0 Å². The van der Waals surface area contributed by atoms with E-state index in [0.29, 0.717) is 0 Å². The number of nitrogens with zero attached hydrogens (tertiary/aromatic N) is 2. The summed E-state index contributed by atoms with van der Waals surface area (Å²) in [5.74, 6) is 0.0625. The van der Waals surface area contributed by atoms with Crippen LogP contribution in [0.15, 0.2) is 17.2 Å². The molecule has 0 spiro atoms. The van der Waals surface area contributed by atoms with Crippen LogP contribution in [0, 0.1) is 0 Å². The van der Waals surface area contributed by atoms with Gasteiger partial charge in [0.2, 0.25) is 10.0 Å². The summed E-state index contributed by atoms with van der Waals surface area (Å²) in [6.07, 6.45) is 1.31. The van der Waals surface area contributed by atoms with Crippen LogP contribution in [0.4, 0.5) is 0 Å². The molecule has 1 aliphatic heterocycles. The van der Waals surface area contributed by atoms with Crippen molar-refractivity contribution in [2.45, 2.75) is 4.90 Å². The Kier molecular flexibility index (Phi) is 1.89. The maximum atomic E-state index is 11.4. The van der Waals surface area contributed by atoms with Crippen molar-refractivity contribution in [1.29, 1.82) is 0 Å². The molecule has 0 fully saturated rings. The highest BCUT2D eigenvalue weighted by Gasteiger charge is 2.23. The van der Waals surface area contributed by atoms with Gasteiger partial charge in [0.15, 0.2) is 0 Å². The lowest BCUT2D eigenvalue weighted by Crippen LogP contribution is -2.24. The van der Waals surface area contributed by atoms with Crippen molar-refractivity contribution in [1.82, 2.24) is 14.9 Å². The first-order valence-corrected chi connectivity index (χ1v) is 5.12. The number of nitrogens with one attached hydrogen (secondary N) is 1. The fourth-order valence-corrected chi connectivity index (χ4v) is 2.09. The maximum absolute atomic E-state index is 11.4. The minimum atomic E-state index is -3.46. The van der Waals surface area contributed by atoms with Gasteiger partial charge in [0.1, 0.15) is 11.5 Å². The van der Waals surface area contributed by atoms with Gasteiger partial charge in [0.05, 0.1) is 6.20 Å². The fourth-order valence-electron chi connectivity index (χ4n) is 1.01. The molecule has 7 heteroatoms. The van der Waals surface area contributed by atoms with Gasteiger partial charge in [0, 0.05) is 6.54 Å². The predicted octanol–water partition coefficient (Wildman–Crippen LogP) is -0.853. The quantitative estimate of drug-likeness (QED) is 0.591. The van der Waals surface area contributed by atoms with Crippen LogP contribution in [0.25, 0.3) is 0 Å². The van der Waals surface area contributed by atoms with Crippen molar-refractivity contribution >= 4 is 10.0 Å². The lowest BCUT2D eigenvalue weighted by atomic mass is 10.5. The summed E-state index contributed by atoms with van der Waals surface area (Å²) in [6.45, 7) is 0.517. The molecule has 0 amide bonds. The van der Waals surface area contributed by atoms with Crippen molar-refractivity contribution in [3.8, 4) is 5.88 Å². The summed E-state index contributed by atoms with van der Waals surface area (Å²) in [7, 11) is -3.46. The molecule has 70 valence electrons. The number of aromatic nitrogens is 2. The Bertz CT molecular complexity index is 417. The number of sulfonamides is 1. The summed E-state index contributed by atoms with van der Waals surface area (Å²) in [6, 6.07) is 1.36. The Labute approximate surface area is 75.0 Å². The zero-order valence-corrected chi connectivity index (χ0v) is 7.41. The van der Waals surface area contributed by atoms with E-state index in [2.05, 4.69) is 14.9 Å². The van der Waals surface area contributed by atoms with E-state index in [4.69, 9.17) is 4.74 Å². The Morgan fingerprint density at radius 1 is 1.54 bits per heavy atom. The molecular weight excluding hydrogens is 194 g/mol. The van der Waals surface area contributed by atoms with Gasteiger partial charge in [-0.05, 0) is 6.07 Å². The van der Waals surface area contributed by atoms with Crippen LogP contribution in [0.3, 0.4) is 0 Å². The highest BCUT2D eigenvalue weighted by atomic mass is 32.2. The molecule has 1 aromatic rings. The summed E-state index contributed by atoms with van der Waals surface area (Å²) >= 11 is 0. The molecule has 1 N–H and O–H groups in total. The van der Waals surface area contributed by atoms with E-state index in [1.54, 1.807) is 0 Å². The van der Waals surface area contributed by atoms with Crippen molar-refractivity contribution in [3.63, 3.8) is 0 Å². The highest BCUT2D eigenvalue weighted by molar-refractivity contribution is 7.89. The zero-order valence-electron chi connectivity index (χ0n) is 6.60. The molecule has 0 aromatic carbocycles. The molecule has 0 unspecified atom stereocenters. The fraction of sp³-hybridized carbons (Fsp3) is 0.333. The first kappa shape index (κ1) is 8.39. The second-order valence-corrected chi connectivity index (χ2v) is 4.18. The summed E-state index contributed by atoms with van der Waals surface area (Å²) < 4.78 is 30.3. The lowest BCUT2D eigenvalue weighted by molar-refractivity contribution is 0.304. The second-order valence-electron chi connectivity index (χ2n) is 2.45. The van der Waals surface area contributed by atoms with Crippen LogP contribution in [-0.4, -0.2) is 31.8 Å². The second kappa shape index (κ2) is 2.93. The standard InChI is InChI=1S/C6H7N3O3S/c10-13(11)5-1-2-7-9-6(5)12-4-3-8-13/h1-2,8H,3-4H2. The van der Waals surface area contributed by atoms with Gasteiger partial charge in [-0.15, -0.1) is 5.10 Å². The summed E-state index contributed by atoms with van der Waals surface area (Å²) in [4.78, 5) is 0.0417. The van der Waals surface area contributed by atoms with Gasteiger partial charge < -0.3 is 4.74 Å². The normalized spacial score (nSPS) is 19.7. The predicted molar refractivity (Wildman–Crippen MR) is 42.7 cm³/mol. The number of hydrogen-bond donors (Lipinski definition) is 1. The topological polar surface area (TPSA) is 81.2 Å². The summed E-state index contributed by atoms with van der Waals surface area (Å²) in [5.41, 5.74) is 0. The molecule has 13 heavy (non-hydrogen) atoms. The SMILES string of the molecule is O=S1(=O)NCCOc2nnccc21. The van der Waals surface area contributed by atoms with Gasteiger partial charge in [0.25, 0.3) is 5.88 Å². The number of ether oxygens (including phenoxy) is 1. The average Bonchev–Trinajstić information content (AvgIpc) is 2.26. The Morgan fingerprint density at radius 2 is 2.38 bits per heavy atom. The molecule has 0 radical (unpaired) electrons. The largest absolute Gasteiger partial charge is 0.474 e. The minimum absolute atomic E-state index is 0.0417. The number of rotatable bonds is 0. The molecule has 6 nitrogen and oxygen atoms in total. The van der Waals surface area contributed by atoms with E-state index < -0.39 is 10.0 Å². The van der Waals surface area contributed by atoms with Crippen LogP contribution in [0.5, 0.6) is 5.88 Å². The van der Waals surface area contributed by atoms with Crippen LogP contribution < -0.4 is 9.46 Å². The molecule has 0 bridgehead atoms. The van der Waals surface area contributed by atoms with Crippen molar-refractivity contribution in [3.05, 3.63) is 12.3 Å². The Balaban J connectivity index is 2.62. The summed E-state index contributed by atoms with van der Waals surface area (Å²) in [5, 5.41) is 7.12. The van der Waals surface area contributed by atoms with E-state index in [1.807, 2.05) is 0 Å². The van der Waals surface area contributed by atoms with Gasteiger partial charge in [-0.2, -0.15) is 5.10 Å². The third-order valence-electron chi connectivity index (χ3n) is 1.57. The van der Waals surface area contributed by atoms with Gasteiger partial charge in [-0.25, -0.2) is 13.1 Å². The molecule has 1 aliphatic rings. The molecule has 0 aliphatic carbocycles. The lowest BCUT2D eigenvalue weighted by Gasteiger charge is -2.01. The molecule has 2 rings (SSSR count). The van der Waals surface area contributed by atoms with Gasteiger partial charge in [-0.3, -0.25) is 0 Å². The number of hydrogen-bond acceptors (Lipinski definition) is 5. The van der Waals surface area contributed by atoms with E-state index in [1.165, 1.54) is 12.3 Å². The van der Waals surface area contributed by atoms with Crippen molar-refractivity contribution in [2.24, 2.45) is 0 Å². The third kappa shape index (κ3) is 1.47. The molecule has 0 atom stereocenters. The van der Waals surface area contributed by atoms with Crippen LogP contribution in [0.2, 0.25) is 0 Å². The first-order chi connectivity index (χ1) is 6.20. The number of fused-ring (bicyclic) bond motifs is 1. The van der Waals surface area contributed by atoms with Gasteiger partial charge in [-0.1, -0.05) is 0 Å². The molecular formula is C6H7N3O3S. The average molecular weight is 201 g/mol. The van der Waals surface area contributed by atoms with Crippen molar-refractivity contribution < 1.29 is 13.2 Å². The van der Waals surface area contributed by atoms with E-state index >= 15 is 0 Å². The maximum Gasteiger partial charge on any atom is 0.253 e. The van der Waals surface area contributed by atoms with E-state index in [0.717, 1.165) is 0 Å². The van der Waals surface area contributed by atoms with E-state index in [-0.39, 0.29) is 23.9 Å². The first-order valence-electron chi connectivity index (χ1n) is 3.64. The third-order valence-corrected chi connectivity index (χ3v) is 3.05. The molecule has 2 heterocycles. The molecule has 1 aromatic heterocycles. The Hall–Kier alpha value is -1.21. The molecule has 0 saturated heterocycles. The highest BCUT2D eigenvalue weighted by Crippen LogP contribution is 2.20. The monoisotopic (exact) mass is 201 g/mol. The Morgan fingerprint density at radius 3 is 3.23 bits per heavy atom.